The average Bonchev–Trinajstić information content (AvgIpc) is 2.18. The maximum Gasteiger partial charge on any atom is 0.137 e. The lowest BCUT2D eigenvalue weighted by Crippen LogP contribution is -2.41. The number of carboxylic acid groups (broad SMARTS) is 1. The fourth-order valence-electron chi connectivity index (χ4n) is 1.14. The normalized spacial score (nSPS) is 9.79. The van der Waals surface area contributed by atoms with E-state index in [9.17, 15) is 9.90 Å². The molecular weight excluding hydrogens is 293 g/mol. The van der Waals surface area contributed by atoms with Crippen LogP contribution in [0, 0.1) is 0 Å². The first-order valence-corrected chi connectivity index (χ1v) is 5.82. The van der Waals surface area contributed by atoms with Crippen LogP contribution in [0.4, 0.5) is 4.79 Å². The van der Waals surface area contributed by atoms with Gasteiger partial charge in [-0.25, -0.2) is 0 Å². The molecule has 0 bridgehead atoms. The SMILES string of the molecule is O=C([O-])N(CCI)Cc1ccccc1. The molecule has 0 spiro atoms. The second kappa shape index (κ2) is 5.85. The van der Waals surface area contributed by atoms with E-state index in [1.807, 2.05) is 30.3 Å². The Bertz CT molecular complexity index is 289. The topological polar surface area (TPSA) is 43.4 Å². The summed E-state index contributed by atoms with van der Waals surface area (Å²) in [5, 5.41) is 10.7. The summed E-state index contributed by atoms with van der Waals surface area (Å²) in [4.78, 5) is 12.0. The Morgan fingerprint density at radius 1 is 1.36 bits per heavy atom. The number of hydrogen-bond acceptors (Lipinski definition) is 2. The minimum absolute atomic E-state index is 0.409. The minimum atomic E-state index is -1.11. The van der Waals surface area contributed by atoms with Crippen molar-refractivity contribution in [2.75, 3.05) is 11.0 Å². The van der Waals surface area contributed by atoms with Gasteiger partial charge in [0.15, 0.2) is 0 Å². The van der Waals surface area contributed by atoms with Crippen molar-refractivity contribution in [1.29, 1.82) is 0 Å². The first-order valence-electron chi connectivity index (χ1n) is 4.30. The van der Waals surface area contributed by atoms with Gasteiger partial charge in [-0.2, -0.15) is 0 Å². The molecule has 0 heterocycles. The Morgan fingerprint density at radius 3 is 2.50 bits per heavy atom. The number of rotatable bonds is 4. The molecule has 0 fully saturated rings. The number of benzene rings is 1. The smallest absolute Gasteiger partial charge is 0.137 e. The largest absolute Gasteiger partial charge is 0.530 e. The third-order valence-electron chi connectivity index (χ3n) is 1.83. The number of nitrogens with zero attached hydrogens (tertiary/aromatic N) is 1. The van der Waals surface area contributed by atoms with Crippen LogP contribution in [0.25, 0.3) is 0 Å². The van der Waals surface area contributed by atoms with Gasteiger partial charge in [0.1, 0.15) is 6.09 Å². The molecule has 0 aliphatic carbocycles. The Hall–Kier alpha value is -0.780. The van der Waals surface area contributed by atoms with Crippen molar-refractivity contribution in [1.82, 2.24) is 4.90 Å². The van der Waals surface area contributed by atoms with Crippen molar-refractivity contribution in [3.8, 4) is 0 Å². The van der Waals surface area contributed by atoms with Crippen LogP contribution in [-0.4, -0.2) is 22.0 Å². The molecule has 0 aromatic heterocycles. The summed E-state index contributed by atoms with van der Waals surface area (Å²) in [6.07, 6.45) is -1.11. The molecule has 1 rings (SSSR count). The van der Waals surface area contributed by atoms with Gasteiger partial charge < -0.3 is 14.8 Å². The molecular formula is C10H11INO2-. The molecule has 0 unspecified atom stereocenters. The predicted molar refractivity (Wildman–Crippen MR) is 61.1 cm³/mol. The maximum absolute atomic E-state index is 10.7. The molecule has 0 atom stereocenters. The van der Waals surface area contributed by atoms with E-state index >= 15 is 0 Å². The summed E-state index contributed by atoms with van der Waals surface area (Å²) in [5.41, 5.74) is 0.988. The molecule has 0 aliphatic heterocycles. The zero-order valence-electron chi connectivity index (χ0n) is 7.65. The summed E-state index contributed by atoms with van der Waals surface area (Å²) >= 11 is 2.15. The molecule has 0 aliphatic rings. The predicted octanol–water partition coefficient (Wildman–Crippen LogP) is 1.27. The van der Waals surface area contributed by atoms with Gasteiger partial charge >= 0.3 is 0 Å². The number of alkyl halides is 1. The summed E-state index contributed by atoms with van der Waals surface area (Å²) in [6.45, 7) is 0.921. The van der Waals surface area contributed by atoms with E-state index in [1.165, 1.54) is 4.90 Å². The Kier molecular flexibility index (Phi) is 4.72. The van der Waals surface area contributed by atoms with Crippen molar-refractivity contribution < 1.29 is 9.90 Å². The van der Waals surface area contributed by atoms with Crippen LogP contribution in [0.1, 0.15) is 5.56 Å². The first-order chi connectivity index (χ1) is 6.74. The molecule has 0 radical (unpaired) electrons. The quantitative estimate of drug-likeness (QED) is 0.621. The van der Waals surface area contributed by atoms with E-state index in [2.05, 4.69) is 22.6 Å². The molecule has 1 amide bonds. The van der Waals surface area contributed by atoms with Crippen molar-refractivity contribution in [3.63, 3.8) is 0 Å². The number of amides is 1. The molecule has 4 heteroatoms. The lowest BCUT2D eigenvalue weighted by atomic mass is 10.2. The van der Waals surface area contributed by atoms with Crippen molar-refractivity contribution >= 4 is 28.7 Å². The second-order valence-electron chi connectivity index (χ2n) is 2.86. The number of hydrogen-bond donors (Lipinski definition) is 0. The third kappa shape index (κ3) is 3.53. The zero-order valence-corrected chi connectivity index (χ0v) is 9.81. The highest BCUT2D eigenvalue weighted by Gasteiger charge is 2.03. The lowest BCUT2D eigenvalue weighted by molar-refractivity contribution is -0.266. The average molecular weight is 304 g/mol. The van der Waals surface area contributed by atoms with Gasteiger partial charge in [0.25, 0.3) is 0 Å². The number of halogens is 1. The molecule has 14 heavy (non-hydrogen) atoms. The van der Waals surface area contributed by atoms with Gasteiger partial charge in [-0.05, 0) is 5.56 Å². The van der Waals surface area contributed by atoms with Crippen molar-refractivity contribution in [2.45, 2.75) is 6.54 Å². The molecule has 1 aromatic carbocycles. The highest BCUT2D eigenvalue weighted by atomic mass is 127. The third-order valence-corrected chi connectivity index (χ3v) is 2.31. The van der Waals surface area contributed by atoms with Gasteiger partial charge in [-0.3, -0.25) is 0 Å². The molecule has 1 aromatic rings. The van der Waals surface area contributed by atoms with Crippen LogP contribution in [0.15, 0.2) is 30.3 Å². The van der Waals surface area contributed by atoms with Crippen molar-refractivity contribution in [3.05, 3.63) is 35.9 Å². The summed E-state index contributed by atoms with van der Waals surface area (Å²) < 4.78 is 0.776. The van der Waals surface area contributed by atoms with Crippen LogP contribution in [-0.2, 0) is 6.54 Å². The van der Waals surface area contributed by atoms with Crippen LogP contribution in [0.2, 0.25) is 0 Å². The fourth-order valence-corrected chi connectivity index (χ4v) is 1.72. The second-order valence-corrected chi connectivity index (χ2v) is 3.94. The maximum atomic E-state index is 10.7. The monoisotopic (exact) mass is 304 g/mol. The molecule has 0 saturated heterocycles. The van der Waals surface area contributed by atoms with Crippen LogP contribution in [0.5, 0.6) is 0 Å². The summed E-state index contributed by atoms with van der Waals surface area (Å²) in [5.74, 6) is 0. The van der Waals surface area contributed by atoms with Gasteiger partial charge in [-0.1, -0.05) is 52.9 Å². The Balaban J connectivity index is 2.60. The highest BCUT2D eigenvalue weighted by molar-refractivity contribution is 14.1. The van der Waals surface area contributed by atoms with Crippen molar-refractivity contribution in [2.24, 2.45) is 0 Å². The molecule has 0 N–H and O–H groups in total. The standard InChI is InChI=1S/C10H12INO2/c11-6-7-12(10(13)14)8-9-4-2-1-3-5-9/h1-5H,6-8H2,(H,13,14)/p-1. The summed E-state index contributed by atoms with van der Waals surface area (Å²) in [6, 6.07) is 9.51. The van der Waals surface area contributed by atoms with E-state index in [1.54, 1.807) is 0 Å². The molecule has 76 valence electrons. The van der Waals surface area contributed by atoms with Gasteiger partial charge in [0.05, 0.1) is 0 Å². The van der Waals surface area contributed by atoms with E-state index in [0.29, 0.717) is 13.1 Å². The van der Waals surface area contributed by atoms with E-state index in [-0.39, 0.29) is 0 Å². The Morgan fingerprint density at radius 2 is 2.00 bits per heavy atom. The number of carbonyl (C=O) groups excluding carboxylic acids is 1. The highest BCUT2D eigenvalue weighted by Crippen LogP contribution is 2.04. The first kappa shape index (κ1) is 11.3. The summed E-state index contributed by atoms with van der Waals surface area (Å²) in [7, 11) is 0. The van der Waals surface area contributed by atoms with Crippen LogP contribution in [0.3, 0.4) is 0 Å². The van der Waals surface area contributed by atoms with E-state index < -0.39 is 6.09 Å². The molecule has 0 saturated carbocycles. The zero-order chi connectivity index (χ0) is 10.4. The van der Waals surface area contributed by atoms with E-state index in [4.69, 9.17) is 0 Å². The van der Waals surface area contributed by atoms with Crippen LogP contribution >= 0.6 is 22.6 Å². The van der Waals surface area contributed by atoms with Gasteiger partial charge in [-0.15, -0.1) is 0 Å². The van der Waals surface area contributed by atoms with Gasteiger partial charge in [0.2, 0.25) is 0 Å². The molecule has 3 nitrogen and oxygen atoms in total. The lowest BCUT2D eigenvalue weighted by Gasteiger charge is -2.24. The van der Waals surface area contributed by atoms with Gasteiger partial charge in [0, 0.05) is 17.5 Å². The number of carbonyl (C=O) groups is 1. The van der Waals surface area contributed by atoms with Crippen LogP contribution < -0.4 is 5.11 Å². The minimum Gasteiger partial charge on any atom is -0.530 e. The Labute approximate surface area is 96.9 Å². The van der Waals surface area contributed by atoms with E-state index in [0.717, 1.165) is 9.99 Å². The fraction of sp³-hybridized carbons (Fsp3) is 0.300.